The van der Waals surface area contributed by atoms with Crippen LogP contribution in [0.15, 0.2) is 5.10 Å². The first-order chi connectivity index (χ1) is 9.42. The van der Waals surface area contributed by atoms with Crippen LogP contribution in [0.25, 0.3) is 0 Å². The predicted octanol–water partition coefficient (Wildman–Crippen LogP) is 1.84. The first-order valence-corrected chi connectivity index (χ1v) is 7.18. The van der Waals surface area contributed by atoms with E-state index in [9.17, 15) is 9.59 Å². The molecule has 0 fully saturated rings. The Balaban J connectivity index is 3.09. The minimum absolute atomic E-state index is 0.0212. The van der Waals surface area contributed by atoms with Crippen molar-refractivity contribution < 1.29 is 19.1 Å². The Morgan fingerprint density at radius 1 is 1.35 bits per heavy atom. The number of ether oxygens (including phenoxy) is 2. The van der Waals surface area contributed by atoms with Crippen LogP contribution in [0.3, 0.4) is 0 Å². The third-order valence-corrected chi connectivity index (χ3v) is 3.77. The molecule has 1 aliphatic heterocycles. The van der Waals surface area contributed by atoms with Crippen molar-refractivity contribution in [3.63, 3.8) is 0 Å². The van der Waals surface area contributed by atoms with Gasteiger partial charge in [0.05, 0.1) is 6.61 Å². The summed E-state index contributed by atoms with van der Waals surface area (Å²) in [5, 5.41) is 4.10. The van der Waals surface area contributed by atoms with Crippen molar-refractivity contribution in [3.05, 3.63) is 0 Å². The molecule has 1 aliphatic rings. The van der Waals surface area contributed by atoms with Gasteiger partial charge in [-0.05, 0) is 19.8 Å². The van der Waals surface area contributed by atoms with Gasteiger partial charge in [-0.15, -0.1) is 0 Å². The highest BCUT2D eigenvalue weighted by Gasteiger charge is 2.51. The van der Waals surface area contributed by atoms with E-state index in [1.165, 1.54) is 0 Å². The highest BCUT2D eigenvalue weighted by molar-refractivity contribution is 6.37. The maximum Gasteiger partial charge on any atom is 0.374 e. The number of hydrazone groups is 1. The van der Waals surface area contributed by atoms with Gasteiger partial charge in [-0.1, -0.05) is 27.7 Å². The maximum atomic E-state index is 12.2. The predicted molar refractivity (Wildman–Crippen MR) is 74.9 cm³/mol. The minimum atomic E-state index is -1.52. The Kier molecular flexibility index (Phi) is 5.53. The number of nitrogens with zero attached hydrogens (tertiary/aromatic N) is 1. The lowest BCUT2D eigenvalue weighted by atomic mass is 9.94. The van der Waals surface area contributed by atoms with Crippen molar-refractivity contribution in [3.8, 4) is 0 Å². The molecule has 0 aromatic rings. The van der Waals surface area contributed by atoms with Gasteiger partial charge in [0.2, 0.25) is 0 Å². The number of cyclic esters (lactones) is 1. The molecule has 0 unspecified atom stereocenters. The molecule has 0 aromatic heterocycles. The summed E-state index contributed by atoms with van der Waals surface area (Å²) in [5.74, 6) is -1.42. The summed E-state index contributed by atoms with van der Waals surface area (Å²) < 4.78 is 10.5. The van der Waals surface area contributed by atoms with Crippen LogP contribution in [0.5, 0.6) is 0 Å². The van der Waals surface area contributed by atoms with Crippen molar-refractivity contribution in [2.75, 3.05) is 6.61 Å². The maximum absolute atomic E-state index is 12.2. The quantitative estimate of drug-likeness (QED) is 0.753. The number of hydrogen-bond donors (Lipinski definition) is 1. The zero-order chi connectivity index (χ0) is 15.3. The molecule has 1 heterocycles. The first kappa shape index (κ1) is 16.5. The van der Waals surface area contributed by atoms with Crippen LogP contribution >= 0.6 is 0 Å². The van der Waals surface area contributed by atoms with E-state index in [4.69, 9.17) is 9.47 Å². The molecule has 3 atom stereocenters. The molecule has 0 aliphatic carbocycles. The second-order valence-corrected chi connectivity index (χ2v) is 5.07. The summed E-state index contributed by atoms with van der Waals surface area (Å²) in [6.45, 7) is 9.51. The molecule has 0 saturated carbocycles. The smallest absolute Gasteiger partial charge is 0.374 e. The lowest BCUT2D eigenvalue weighted by Crippen LogP contribution is -2.62. The molecule has 114 valence electrons. The molecule has 6 nitrogen and oxygen atoms in total. The van der Waals surface area contributed by atoms with Gasteiger partial charge in [-0.2, -0.15) is 5.10 Å². The summed E-state index contributed by atoms with van der Waals surface area (Å²) in [5.41, 5.74) is 1.53. The van der Waals surface area contributed by atoms with Crippen molar-refractivity contribution in [2.45, 2.75) is 53.2 Å². The number of hydrogen-bond acceptors (Lipinski definition) is 6. The van der Waals surface area contributed by atoms with E-state index in [1.54, 1.807) is 6.92 Å². The van der Waals surface area contributed by atoms with Crippen LogP contribution in [-0.2, 0) is 19.1 Å². The van der Waals surface area contributed by atoms with Crippen LogP contribution in [0.1, 0.15) is 47.5 Å². The highest BCUT2D eigenvalue weighted by atomic mass is 16.6. The van der Waals surface area contributed by atoms with Gasteiger partial charge < -0.3 is 9.47 Å². The Bertz CT molecular complexity index is 408. The SMILES string of the molecule is CCOC(=O)[C@@]1([C@@H](C)CC)NN=C([C@@H](C)CC)C(=O)O1. The molecule has 1 rings (SSSR count). The number of nitrogens with one attached hydrogen (secondary N) is 1. The average Bonchev–Trinajstić information content (AvgIpc) is 2.45. The summed E-state index contributed by atoms with van der Waals surface area (Å²) in [6.07, 6.45) is 1.42. The number of carbonyl (C=O) groups is 2. The topological polar surface area (TPSA) is 77.0 Å². The molecular weight excluding hydrogens is 260 g/mol. The average molecular weight is 284 g/mol. The lowest BCUT2D eigenvalue weighted by molar-refractivity contribution is -0.193. The molecule has 0 radical (unpaired) electrons. The van der Waals surface area contributed by atoms with Gasteiger partial charge >= 0.3 is 11.9 Å². The van der Waals surface area contributed by atoms with Gasteiger partial charge in [0, 0.05) is 11.8 Å². The molecular formula is C14H24N2O4. The summed E-state index contributed by atoms with van der Waals surface area (Å²) in [6, 6.07) is 0. The summed E-state index contributed by atoms with van der Waals surface area (Å²) in [7, 11) is 0. The van der Waals surface area contributed by atoms with Crippen molar-refractivity contribution in [1.29, 1.82) is 0 Å². The highest BCUT2D eigenvalue weighted by Crippen LogP contribution is 2.28. The first-order valence-electron chi connectivity index (χ1n) is 7.18. The zero-order valence-electron chi connectivity index (χ0n) is 12.9. The zero-order valence-corrected chi connectivity index (χ0v) is 12.9. The Hall–Kier alpha value is -1.59. The number of rotatable bonds is 6. The van der Waals surface area contributed by atoms with E-state index in [0.717, 1.165) is 6.42 Å². The van der Waals surface area contributed by atoms with Crippen LogP contribution in [0.2, 0.25) is 0 Å². The third-order valence-electron chi connectivity index (χ3n) is 3.77. The number of esters is 2. The van der Waals surface area contributed by atoms with Gasteiger partial charge in [0.1, 0.15) is 5.71 Å². The Morgan fingerprint density at radius 2 is 2.00 bits per heavy atom. The molecule has 0 amide bonds. The van der Waals surface area contributed by atoms with Gasteiger partial charge in [-0.25, -0.2) is 9.59 Å². The largest absolute Gasteiger partial charge is 0.462 e. The second-order valence-electron chi connectivity index (χ2n) is 5.07. The fourth-order valence-electron chi connectivity index (χ4n) is 1.94. The van der Waals surface area contributed by atoms with Gasteiger partial charge in [0.15, 0.2) is 0 Å². The van der Waals surface area contributed by atoms with Crippen LogP contribution in [0.4, 0.5) is 0 Å². The van der Waals surface area contributed by atoms with E-state index >= 15 is 0 Å². The van der Waals surface area contributed by atoms with Crippen LogP contribution < -0.4 is 5.43 Å². The van der Waals surface area contributed by atoms with Gasteiger partial charge in [-0.3, -0.25) is 5.43 Å². The minimum Gasteiger partial charge on any atom is -0.462 e. The van der Waals surface area contributed by atoms with E-state index in [-0.39, 0.29) is 18.4 Å². The standard InChI is InChI=1S/C14H24N2O4/c1-6-9(4)11-12(17)20-14(16-15-11,10(5)7-2)13(18)19-8-3/h9-10,16H,6-8H2,1-5H3/t9-,10-,14-/m0/s1. The Labute approximate surface area is 119 Å². The van der Waals surface area contributed by atoms with E-state index in [1.807, 2.05) is 27.7 Å². The fourth-order valence-corrected chi connectivity index (χ4v) is 1.94. The summed E-state index contributed by atoms with van der Waals surface area (Å²) >= 11 is 0. The molecule has 0 spiro atoms. The third kappa shape index (κ3) is 2.94. The van der Waals surface area contributed by atoms with Crippen molar-refractivity contribution >= 4 is 17.7 Å². The van der Waals surface area contributed by atoms with E-state index in [2.05, 4.69) is 10.5 Å². The van der Waals surface area contributed by atoms with Gasteiger partial charge in [0.25, 0.3) is 5.72 Å². The molecule has 20 heavy (non-hydrogen) atoms. The molecule has 0 aromatic carbocycles. The summed E-state index contributed by atoms with van der Waals surface area (Å²) in [4.78, 5) is 24.3. The van der Waals surface area contributed by atoms with Crippen LogP contribution in [-0.4, -0.2) is 30.0 Å². The van der Waals surface area contributed by atoms with E-state index in [0.29, 0.717) is 12.1 Å². The second kappa shape index (κ2) is 6.72. The molecule has 0 saturated heterocycles. The monoisotopic (exact) mass is 284 g/mol. The van der Waals surface area contributed by atoms with Crippen molar-refractivity contribution in [2.24, 2.45) is 16.9 Å². The Morgan fingerprint density at radius 3 is 2.45 bits per heavy atom. The molecule has 6 heteroatoms. The molecule has 0 bridgehead atoms. The fraction of sp³-hybridized carbons (Fsp3) is 0.786. The number of carbonyl (C=O) groups excluding carboxylic acids is 2. The normalized spacial score (nSPS) is 25.1. The van der Waals surface area contributed by atoms with Crippen molar-refractivity contribution in [1.82, 2.24) is 5.43 Å². The lowest BCUT2D eigenvalue weighted by Gasteiger charge is -2.38. The van der Waals surface area contributed by atoms with E-state index < -0.39 is 17.7 Å². The molecule has 1 N–H and O–H groups in total. The van der Waals surface area contributed by atoms with Crippen LogP contribution in [0, 0.1) is 11.8 Å².